The van der Waals surface area contributed by atoms with E-state index in [1.54, 1.807) is 0 Å². The van der Waals surface area contributed by atoms with E-state index in [1.165, 1.54) is 12.8 Å². The van der Waals surface area contributed by atoms with Crippen LogP contribution in [0.25, 0.3) is 0 Å². The third-order valence-electron chi connectivity index (χ3n) is 6.70. The van der Waals surface area contributed by atoms with Crippen LogP contribution in [0.5, 0.6) is 0 Å². The topological polar surface area (TPSA) is 40.5 Å². The van der Waals surface area contributed by atoms with E-state index in [1.807, 2.05) is 0 Å². The van der Waals surface area contributed by atoms with Crippen molar-refractivity contribution in [2.24, 2.45) is 35.5 Å². The molecule has 0 radical (unpaired) electrons. The highest BCUT2D eigenvalue weighted by Crippen LogP contribution is 2.48. The van der Waals surface area contributed by atoms with E-state index in [9.17, 15) is 10.2 Å². The molecule has 2 rings (SSSR count). The molecule has 2 aliphatic rings. The van der Waals surface area contributed by atoms with Gasteiger partial charge in [0, 0.05) is 5.92 Å². The van der Waals surface area contributed by atoms with E-state index < -0.39 is 0 Å². The number of fused-ring (bicyclic) bond motifs is 1. The lowest BCUT2D eigenvalue weighted by Gasteiger charge is -2.50. The number of aliphatic hydroxyl groups excluding tert-OH is 2. The highest BCUT2D eigenvalue weighted by atomic mass is 16.3. The second-order valence-electron chi connectivity index (χ2n) is 7.57. The quantitative estimate of drug-likeness (QED) is 0.822. The van der Waals surface area contributed by atoms with Crippen LogP contribution >= 0.6 is 0 Å². The van der Waals surface area contributed by atoms with Crippen molar-refractivity contribution in [1.29, 1.82) is 0 Å². The molecule has 2 heteroatoms. The summed E-state index contributed by atoms with van der Waals surface area (Å²) in [5.74, 6) is 2.62. The van der Waals surface area contributed by atoms with Gasteiger partial charge in [0.1, 0.15) is 0 Å². The molecule has 8 atom stereocenters. The molecular formula is C18H34O2. The molecule has 2 aliphatic carbocycles. The van der Waals surface area contributed by atoms with Gasteiger partial charge in [0.05, 0.1) is 12.2 Å². The van der Waals surface area contributed by atoms with Gasteiger partial charge in [-0.2, -0.15) is 0 Å². The Kier molecular flexibility index (Phi) is 5.53. The second kappa shape index (κ2) is 6.79. The van der Waals surface area contributed by atoms with E-state index in [4.69, 9.17) is 0 Å². The molecule has 6 unspecified atom stereocenters. The number of aliphatic hydroxyl groups is 2. The van der Waals surface area contributed by atoms with Crippen LogP contribution in [0.1, 0.15) is 66.2 Å². The van der Waals surface area contributed by atoms with E-state index >= 15 is 0 Å². The summed E-state index contributed by atoms with van der Waals surface area (Å²) in [6.45, 7) is 8.94. The third kappa shape index (κ3) is 2.92. The van der Waals surface area contributed by atoms with Gasteiger partial charge in [0.2, 0.25) is 0 Å². The second-order valence-corrected chi connectivity index (χ2v) is 7.57. The summed E-state index contributed by atoms with van der Waals surface area (Å²) < 4.78 is 0. The SMILES string of the molecule is CCC(C)[C@H]1CCC2CC[C@@H](C(C)CC)C(O)C2C1O. The van der Waals surface area contributed by atoms with Crippen molar-refractivity contribution in [3.8, 4) is 0 Å². The molecule has 2 saturated carbocycles. The first-order chi connectivity index (χ1) is 9.51. The summed E-state index contributed by atoms with van der Waals surface area (Å²) in [4.78, 5) is 0. The van der Waals surface area contributed by atoms with Crippen LogP contribution in [0.3, 0.4) is 0 Å². The molecule has 0 aromatic rings. The molecular weight excluding hydrogens is 248 g/mol. The molecule has 0 aliphatic heterocycles. The highest BCUT2D eigenvalue weighted by molar-refractivity contribution is 4.98. The lowest BCUT2D eigenvalue weighted by atomic mass is 9.58. The summed E-state index contributed by atoms with van der Waals surface area (Å²) in [6.07, 6.45) is 6.41. The molecule has 0 bridgehead atoms. The zero-order valence-corrected chi connectivity index (χ0v) is 13.8. The average Bonchev–Trinajstić information content (AvgIpc) is 2.46. The fraction of sp³-hybridized carbons (Fsp3) is 1.00. The monoisotopic (exact) mass is 282 g/mol. The predicted octanol–water partition coefficient (Wildman–Crippen LogP) is 3.85. The van der Waals surface area contributed by atoms with Crippen molar-refractivity contribution in [3.05, 3.63) is 0 Å². The Bertz CT molecular complexity index is 276. The lowest BCUT2D eigenvalue weighted by Crippen LogP contribution is -2.52. The number of rotatable bonds is 4. The summed E-state index contributed by atoms with van der Waals surface area (Å²) in [5.41, 5.74) is 0. The van der Waals surface area contributed by atoms with Gasteiger partial charge < -0.3 is 10.2 Å². The van der Waals surface area contributed by atoms with Crippen LogP contribution in [0, 0.1) is 35.5 Å². The smallest absolute Gasteiger partial charge is 0.0626 e. The van der Waals surface area contributed by atoms with Gasteiger partial charge in [-0.15, -0.1) is 0 Å². The fourth-order valence-electron chi connectivity index (χ4n) is 4.86. The molecule has 2 nitrogen and oxygen atoms in total. The first-order valence-corrected chi connectivity index (χ1v) is 8.87. The van der Waals surface area contributed by atoms with Gasteiger partial charge in [-0.25, -0.2) is 0 Å². The summed E-state index contributed by atoms with van der Waals surface area (Å²) in [5, 5.41) is 21.7. The Morgan fingerprint density at radius 1 is 0.800 bits per heavy atom. The average molecular weight is 282 g/mol. The minimum absolute atomic E-state index is 0.135. The van der Waals surface area contributed by atoms with E-state index in [-0.39, 0.29) is 18.1 Å². The minimum Gasteiger partial charge on any atom is -0.392 e. The van der Waals surface area contributed by atoms with Crippen LogP contribution in [-0.4, -0.2) is 22.4 Å². The molecule has 0 spiro atoms. The maximum absolute atomic E-state index is 10.8. The normalized spacial score (nSPS) is 44.7. The molecule has 2 N–H and O–H groups in total. The van der Waals surface area contributed by atoms with Gasteiger partial charge in [0.25, 0.3) is 0 Å². The Morgan fingerprint density at radius 2 is 1.20 bits per heavy atom. The number of hydrogen-bond acceptors (Lipinski definition) is 2. The van der Waals surface area contributed by atoms with Crippen LogP contribution in [-0.2, 0) is 0 Å². The fourth-order valence-corrected chi connectivity index (χ4v) is 4.86. The highest BCUT2D eigenvalue weighted by Gasteiger charge is 2.48. The summed E-state index contributed by atoms with van der Waals surface area (Å²) >= 11 is 0. The maximum Gasteiger partial charge on any atom is 0.0626 e. The van der Waals surface area contributed by atoms with Crippen molar-refractivity contribution < 1.29 is 10.2 Å². The molecule has 20 heavy (non-hydrogen) atoms. The zero-order valence-electron chi connectivity index (χ0n) is 13.8. The summed E-state index contributed by atoms with van der Waals surface area (Å²) in [7, 11) is 0. The van der Waals surface area contributed by atoms with E-state index in [0.717, 1.165) is 25.7 Å². The minimum atomic E-state index is -0.287. The summed E-state index contributed by atoms with van der Waals surface area (Å²) in [6, 6.07) is 0. The van der Waals surface area contributed by atoms with Gasteiger partial charge in [-0.05, 0) is 55.3 Å². The first-order valence-electron chi connectivity index (χ1n) is 8.87. The van der Waals surface area contributed by atoms with Crippen molar-refractivity contribution >= 4 is 0 Å². The van der Waals surface area contributed by atoms with Crippen molar-refractivity contribution in [3.63, 3.8) is 0 Å². The predicted molar refractivity (Wildman–Crippen MR) is 83.4 cm³/mol. The zero-order chi connectivity index (χ0) is 14.9. The first kappa shape index (κ1) is 16.3. The molecule has 0 aromatic heterocycles. The van der Waals surface area contributed by atoms with Crippen LogP contribution in [0.4, 0.5) is 0 Å². The van der Waals surface area contributed by atoms with Gasteiger partial charge >= 0.3 is 0 Å². The van der Waals surface area contributed by atoms with Crippen molar-refractivity contribution in [2.75, 3.05) is 0 Å². The maximum atomic E-state index is 10.8. The standard InChI is InChI=1S/C18H34O2/c1-5-11(3)14-9-7-13-8-10-15(12(4)6-2)18(20)16(13)17(14)19/h11-20H,5-10H2,1-4H3/t11?,12?,13?,14-,15+,16?,17?,18?. The Hall–Kier alpha value is -0.0800. The Morgan fingerprint density at radius 3 is 1.55 bits per heavy atom. The van der Waals surface area contributed by atoms with Crippen LogP contribution in [0.2, 0.25) is 0 Å². The number of hydrogen-bond donors (Lipinski definition) is 2. The molecule has 2 fully saturated rings. The molecule has 0 amide bonds. The van der Waals surface area contributed by atoms with Gasteiger partial charge in [-0.1, -0.05) is 40.5 Å². The van der Waals surface area contributed by atoms with E-state index in [2.05, 4.69) is 27.7 Å². The Labute approximate surface area is 125 Å². The Balaban J connectivity index is 2.12. The largest absolute Gasteiger partial charge is 0.392 e. The molecule has 0 heterocycles. The van der Waals surface area contributed by atoms with Crippen LogP contribution < -0.4 is 0 Å². The van der Waals surface area contributed by atoms with Gasteiger partial charge in [0.15, 0.2) is 0 Å². The van der Waals surface area contributed by atoms with Crippen LogP contribution in [0.15, 0.2) is 0 Å². The lowest BCUT2D eigenvalue weighted by molar-refractivity contribution is -0.132. The molecule has 0 aromatic carbocycles. The third-order valence-corrected chi connectivity index (χ3v) is 6.70. The molecule has 118 valence electrons. The molecule has 0 saturated heterocycles. The van der Waals surface area contributed by atoms with E-state index in [0.29, 0.717) is 29.6 Å². The van der Waals surface area contributed by atoms with Crippen molar-refractivity contribution in [2.45, 2.75) is 78.4 Å². The van der Waals surface area contributed by atoms with Crippen molar-refractivity contribution in [1.82, 2.24) is 0 Å². The van der Waals surface area contributed by atoms with Gasteiger partial charge in [-0.3, -0.25) is 0 Å².